The number of alkyl halides is 3. The van der Waals surface area contributed by atoms with Crippen LogP contribution in [0.1, 0.15) is 19.3 Å². The largest absolute Gasteiger partial charge is 0.545 e. The number of aliphatic carboxylic acids is 2. The number of hydrogen-bond acceptors (Lipinski definition) is 5. The third-order valence-electron chi connectivity index (χ3n) is 3.02. The van der Waals surface area contributed by atoms with Crippen LogP contribution in [-0.2, 0) is 13.7 Å². The van der Waals surface area contributed by atoms with Crippen LogP contribution in [0.3, 0.4) is 0 Å². The quantitative estimate of drug-likeness (QED) is 0.445. The van der Waals surface area contributed by atoms with Gasteiger partial charge in [0, 0.05) is 0 Å². The maximum atomic E-state index is 12.4. The van der Waals surface area contributed by atoms with Crippen molar-refractivity contribution in [2.45, 2.75) is 64.2 Å². The number of carboxylic acid groups (broad SMARTS) is 2. The summed E-state index contributed by atoms with van der Waals surface area (Å²) in [7, 11) is -3.90. The Kier molecular flexibility index (Phi) is 7.91. The van der Waals surface area contributed by atoms with Gasteiger partial charge in [-0.3, -0.25) is 0 Å². The first-order valence-corrected chi connectivity index (χ1v) is 14.0. The normalized spacial score (nSPS) is 14.3. The van der Waals surface area contributed by atoms with Gasteiger partial charge in [0.25, 0.3) is 0 Å². The molecule has 0 radical (unpaired) electrons. The second kappa shape index (κ2) is 8.30. The van der Waals surface area contributed by atoms with E-state index >= 15 is 0 Å². The molecule has 0 heterocycles. The highest BCUT2D eigenvalue weighted by molar-refractivity contribution is 6.84. The molecule has 0 bridgehead atoms. The second-order valence-corrected chi connectivity index (χ2v) is 16.2. The lowest BCUT2D eigenvalue weighted by atomic mass is 10.0. The Morgan fingerprint density at radius 2 is 1.42 bits per heavy atom. The van der Waals surface area contributed by atoms with Gasteiger partial charge in [-0.2, -0.15) is 13.2 Å². The SMILES string of the molecule is C[Si](C)(C)O[Si](C)(C)CCCC(C(=O)[O-])=C(CC(F)(F)F)C(=O)[O-]. The van der Waals surface area contributed by atoms with E-state index < -0.39 is 52.3 Å². The van der Waals surface area contributed by atoms with Crippen LogP contribution in [0.5, 0.6) is 0 Å². The fourth-order valence-electron chi connectivity index (χ4n) is 2.45. The van der Waals surface area contributed by atoms with E-state index in [1.165, 1.54) is 0 Å². The molecular weight excluding hydrogens is 361 g/mol. The molecule has 0 N–H and O–H groups in total. The minimum atomic E-state index is -4.84. The van der Waals surface area contributed by atoms with Gasteiger partial charge in [-0.15, -0.1) is 0 Å². The maximum Gasteiger partial charge on any atom is 0.393 e. The Balaban J connectivity index is 5.18. The summed E-state index contributed by atoms with van der Waals surface area (Å²) in [6.07, 6.45) is -6.81. The molecule has 0 atom stereocenters. The summed E-state index contributed by atoms with van der Waals surface area (Å²) in [5.74, 6) is -4.05. The number of halogens is 3. The summed E-state index contributed by atoms with van der Waals surface area (Å²) in [4.78, 5) is 22.0. The fourth-order valence-corrected chi connectivity index (χ4v) is 10.5. The molecule has 0 aromatic heterocycles. The predicted molar refractivity (Wildman–Crippen MR) is 83.7 cm³/mol. The summed E-state index contributed by atoms with van der Waals surface area (Å²) in [5.41, 5.74) is -2.13. The van der Waals surface area contributed by atoms with E-state index in [0.717, 1.165) is 0 Å². The molecule has 0 saturated heterocycles. The Morgan fingerprint density at radius 3 is 1.75 bits per heavy atom. The molecule has 140 valence electrons. The third-order valence-corrected chi connectivity index (χ3v) is 9.24. The first kappa shape index (κ1) is 22.9. The Bertz CT molecular complexity index is 508. The number of hydrogen-bond donors (Lipinski definition) is 0. The molecule has 0 aromatic rings. The first-order chi connectivity index (χ1) is 10.5. The van der Waals surface area contributed by atoms with Gasteiger partial charge in [0.05, 0.1) is 18.4 Å². The number of carbonyl (C=O) groups excluding carboxylic acids is 2. The van der Waals surface area contributed by atoms with E-state index in [1.807, 2.05) is 32.7 Å². The van der Waals surface area contributed by atoms with Crippen LogP contribution in [0.2, 0.25) is 38.8 Å². The average molecular weight is 384 g/mol. The van der Waals surface area contributed by atoms with Crippen LogP contribution in [0, 0.1) is 0 Å². The fraction of sp³-hybridized carbons (Fsp3) is 0.714. The highest BCUT2D eigenvalue weighted by atomic mass is 28.4. The average Bonchev–Trinajstić information content (AvgIpc) is 2.27. The molecule has 0 saturated carbocycles. The van der Waals surface area contributed by atoms with Gasteiger partial charge in [-0.1, -0.05) is 0 Å². The van der Waals surface area contributed by atoms with Gasteiger partial charge < -0.3 is 23.9 Å². The van der Waals surface area contributed by atoms with E-state index in [1.54, 1.807) is 0 Å². The van der Waals surface area contributed by atoms with Crippen LogP contribution < -0.4 is 10.2 Å². The third kappa shape index (κ3) is 9.88. The number of rotatable bonds is 9. The standard InChI is InChI=1S/C14H25F3O5Si2/c1-23(2,3)22-24(4,5)8-6-7-10(12(18)19)11(13(20)21)9-14(15,16)17/h6-9H2,1-5H3,(H,18,19)(H,20,21)/p-2. The minimum absolute atomic E-state index is 0.210. The van der Waals surface area contributed by atoms with E-state index in [2.05, 4.69) is 0 Å². The zero-order valence-electron chi connectivity index (χ0n) is 14.5. The van der Waals surface area contributed by atoms with Crippen molar-refractivity contribution < 1.29 is 37.1 Å². The van der Waals surface area contributed by atoms with Gasteiger partial charge in [0.2, 0.25) is 0 Å². The van der Waals surface area contributed by atoms with Gasteiger partial charge in [-0.05, 0) is 62.8 Å². The molecule has 0 rings (SSSR count). The number of carboxylic acids is 2. The van der Waals surface area contributed by atoms with Crippen molar-refractivity contribution >= 4 is 28.6 Å². The summed E-state index contributed by atoms with van der Waals surface area (Å²) < 4.78 is 43.4. The van der Waals surface area contributed by atoms with Crippen molar-refractivity contribution in [3.05, 3.63) is 11.1 Å². The number of carbonyl (C=O) groups is 2. The molecule has 0 aromatic carbocycles. The Hall–Kier alpha value is -1.14. The zero-order valence-corrected chi connectivity index (χ0v) is 16.5. The zero-order chi connectivity index (χ0) is 19.3. The summed E-state index contributed by atoms with van der Waals surface area (Å²) in [6.45, 7) is 9.88. The van der Waals surface area contributed by atoms with Crippen molar-refractivity contribution in [3.8, 4) is 0 Å². The van der Waals surface area contributed by atoms with Crippen LogP contribution in [0.4, 0.5) is 13.2 Å². The minimum Gasteiger partial charge on any atom is -0.545 e. The van der Waals surface area contributed by atoms with Crippen molar-refractivity contribution in [1.29, 1.82) is 0 Å². The van der Waals surface area contributed by atoms with Crippen molar-refractivity contribution in [3.63, 3.8) is 0 Å². The van der Waals surface area contributed by atoms with E-state index in [9.17, 15) is 33.0 Å². The molecule has 0 unspecified atom stereocenters. The van der Waals surface area contributed by atoms with Crippen LogP contribution >= 0.6 is 0 Å². The lowest BCUT2D eigenvalue weighted by molar-refractivity contribution is -0.305. The van der Waals surface area contributed by atoms with Gasteiger partial charge in [0.1, 0.15) is 0 Å². The van der Waals surface area contributed by atoms with E-state index in [0.29, 0.717) is 6.04 Å². The van der Waals surface area contributed by atoms with Gasteiger partial charge in [-0.25, -0.2) is 0 Å². The molecule has 0 amide bonds. The highest BCUT2D eigenvalue weighted by Gasteiger charge is 2.32. The van der Waals surface area contributed by atoms with Crippen LogP contribution in [0.15, 0.2) is 11.1 Å². The summed E-state index contributed by atoms with van der Waals surface area (Å²) >= 11 is 0. The van der Waals surface area contributed by atoms with Crippen LogP contribution in [0.25, 0.3) is 0 Å². The molecule has 24 heavy (non-hydrogen) atoms. The van der Waals surface area contributed by atoms with Crippen molar-refractivity contribution in [2.75, 3.05) is 0 Å². The molecule has 0 aliphatic carbocycles. The molecule has 0 aliphatic heterocycles. The van der Waals surface area contributed by atoms with Crippen LogP contribution in [-0.4, -0.2) is 34.7 Å². The van der Waals surface area contributed by atoms with E-state index in [4.69, 9.17) is 4.12 Å². The lowest BCUT2D eigenvalue weighted by Gasteiger charge is -2.31. The molecule has 0 aliphatic rings. The molecule has 5 nitrogen and oxygen atoms in total. The first-order valence-electron chi connectivity index (χ1n) is 7.46. The van der Waals surface area contributed by atoms with E-state index in [-0.39, 0.29) is 12.8 Å². The predicted octanol–water partition coefficient (Wildman–Crippen LogP) is 1.57. The summed E-state index contributed by atoms with van der Waals surface area (Å²) in [5, 5.41) is 22.0. The van der Waals surface area contributed by atoms with Gasteiger partial charge in [0.15, 0.2) is 16.6 Å². The molecule has 0 spiro atoms. The smallest absolute Gasteiger partial charge is 0.393 e. The second-order valence-electron chi connectivity index (χ2n) is 7.15. The Labute approximate surface area is 141 Å². The molecule has 0 fully saturated rings. The lowest BCUT2D eigenvalue weighted by Crippen LogP contribution is -2.42. The van der Waals surface area contributed by atoms with Crippen molar-refractivity contribution in [1.82, 2.24) is 0 Å². The summed E-state index contributed by atoms with van der Waals surface area (Å²) in [6, 6.07) is 0.500. The Morgan fingerprint density at radius 1 is 0.958 bits per heavy atom. The molecule has 10 heteroatoms. The van der Waals surface area contributed by atoms with Crippen molar-refractivity contribution in [2.24, 2.45) is 0 Å². The highest BCUT2D eigenvalue weighted by Crippen LogP contribution is 2.28. The monoisotopic (exact) mass is 384 g/mol. The molecular formula is C14H23F3O5Si2-2. The topological polar surface area (TPSA) is 89.5 Å². The van der Waals surface area contributed by atoms with Gasteiger partial charge >= 0.3 is 6.18 Å². The maximum absolute atomic E-state index is 12.4.